The number of nitrogens with one attached hydrogen (secondary N) is 1. The van der Waals surface area contributed by atoms with Crippen molar-refractivity contribution in [2.45, 2.75) is 13.3 Å². The van der Waals surface area contributed by atoms with Crippen molar-refractivity contribution in [3.05, 3.63) is 64.2 Å². The van der Waals surface area contributed by atoms with Gasteiger partial charge in [-0.15, -0.1) is 0 Å². The van der Waals surface area contributed by atoms with Crippen molar-refractivity contribution in [2.75, 3.05) is 6.54 Å². The molecule has 0 fully saturated rings. The lowest BCUT2D eigenvalue weighted by Gasteiger charge is -2.07. The van der Waals surface area contributed by atoms with Crippen molar-refractivity contribution in [3.8, 4) is 0 Å². The molecule has 0 atom stereocenters. The van der Waals surface area contributed by atoms with Crippen LogP contribution in [-0.2, 0) is 6.42 Å². The fourth-order valence-electron chi connectivity index (χ4n) is 1.82. The first-order valence-electron chi connectivity index (χ1n) is 6.22. The second-order valence-electron chi connectivity index (χ2n) is 4.38. The Morgan fingerprint density at radius 2 is 2.05 bits per heavy atom. The Morgan fingerprint density at radius 1 is 1.30 bits per heavy atom. The van der Waals surface area contributed by atoms with Gasteiger partial charge < -0.3 is 5.32 Å². The highest BCUT2D eigenvalue weighted by Crippen LogP contribution is 2.17. The second kappa shape index (κ2) is 6.48. The first-order valence-corrected chi connectivity index (χ1v) is 6.60. The van der Waals surface area contributed by atoms with Gasteiger partial charge in [0.05, 0.1) is 10.6 Å². The Bertz CT molecular complexity index is 631. The zero-order valence-electron chi connectivity index (χ0n) is 11.0. The van der Waals surface area contributed by atoms with Gasteiger partial charge in [-0.25, -0.2) is 4.39 Å². The Balaban J connectivity index is 1.94. The summed E-state index contributed by atoms with van der Waals surface area (Å²) in [6.45, 7) is 2.30. The normalized spacial score (nSPS) is 10.3. The summed E-state index contributed by atoms with van der Waals surface area (Å²) in [4.78, 5) is 16.2. The highest BCUT2D eigenvalue weighted by atomic mass is 35.5. The Labute approximate surface area is 121 Å². The van der Waals surface area contributed by atoms with Gasteiger partial charge in [-0.05, 0) is 31.2 Å². The number of carbonyl (C=O) groups is 1. The molecule has 0 bridgehead atoms. The molecule has 0 aliphatic heterocycles. The monoisotopic (exact) mass is 292 g/mol. The third-order valence-corrected chi connectivity index (χ3v) is 3.10. The standard InChI is InChI=1S/C15H14ClFN2O/c1-10-4-2-5-11(19-10)8-9-18-15(20)12-6-3-7-13(16)14(12)17/h2-7H,8-9H2,1H3,(H,18,20). The molecule has 5 heteroatoms. The molecule has 0 aliphatic rings. The molecule has 1 aromatic heterocycles. The molecule has 3 nitrogen and oxygen atoms in total. The summed E-state index contributed by atoms with van der Waals surface area (Å²) in [5.41, 5.74) is 1.77. The van der Waals surface area contributed by atoms with Crippen LogP contribution in [0.5, 0.6) is 0 Å². The average molecular weight is 293 g/mol. The lowest BCUT2D eigenvalue weighted by atomic mass is 10.2. The van der Waals surface area contributed by atoms with Crippen LogP contribution in [0, 0.1) is 12.7 Å². The average Bonchev–Trinajstić information content (AvgIpc) is 2.42. The summed E-state index contributed by atoms with van der Waals surface area (Å²) in [5.74, 6) is -1.17. The van der Waals surface area contributed by atoms with Gasteiger partial charge in [-0.1, -0.05) is 23.7 Å². The Hall–Kier alpha value is -1.94. The topological polar surface area (TPSA) is 42.0 Å². The van der Waals surface area contributed by atoms with E-state index in [9.17, 15) is 9.18 Å². The number of hydrogen-bond acceptors (Lipinski definition) is 2. The fraction of sp³-hybridized carbons (Fsp3) is 0.200. The van der Waals surface area contributed by atoms with Gasteiger partial charge in [0.2, 0.25) is 0 Å². The van der Waals surface area contributed by atoms with Crippen molar-refractivity contribution >= 4 is 17.5 Å². The van der Waals surface area contributed by atoms with Crippen LogP contribution in [0.2, 0.25) is 5.02 Å². The van der Waals surface area contributed by atoms with Crippen molar-refractivity contribution in [2.24, 2.45) is 0 Å². The van der Waals surface area contributed by atoms with Crippen molar-refractivity contribution in [1.29, 1.82) is 0 Å². The summed E-state index contributed by atoms with van der Waals surface area (Å²) in [7, 11) is 0. The van der Waals surface area contributed by atoms with E-state index in [1.165, 1.54) is 12.1 Å². The van der Waals surface area contributed by atoms with E-state index in [0.29, 0.717) is 13.0 Å². The van der Waals surface area contributed by atoms with Crippen LogP contribution in [0.4, 0.5) is 4.39 Å². The van der Waals surface area contributed by atoms with E-state index in [-0.39, 0.29) is 10.6 Å². The molecular weight excluding hydrogens is 279 g/mol. The predicted octanol–water partition coefficient (Wildman–Crippen LogP) is 3.16. The van der Waals surface area contributed by atoms with Crippen LogP contribution in [0.3, 0.4) is 0 Å². The van der Waals surface area contributed by atoms with Crippen molar-refractivity contribution < 1.29 is 9.18 Å². The first-order chi connectivity index (χ1) is 9.58. The first kappa shape index (κ1) is 14.5. The van der Waals surface area contributed by atoms with Crippen molar-refractivity contribution in [1.82, 2.24) is 10.3 Å². The largest absolute Gasteiger partial charge is 0.352 e. The van der Waals surface area contributed by atoms with Crippen LogP contribution in [0.1, 0.15) is 21.7 Å². The maximum atomic E-state index is 13.7. The SMILES string of the molecule is Cc1cccc(CCNC(=O)c2cccc(Cl)c2F)n1. The third-order valence-electron chi connectivity index (χ3n) is 2.81. The number of amides is 1. The maximum absolute atomic E-state index is 13.7. The van der Waals surface area contributed by atoms with Gasteiger partial charge in [-0.2, -0.15) is 0 Å². The summed E-state index contributed by atoms with van der Waals surface area (Å²) < 4.78 is 13.7. The number of aryl methyl sites for hydroxylation is 1. The number of aromatic nitrogens is 1. The molecular formula is C15H14ClFN2O. The zero-order valence-corrected chi connectivity index (χ0v) is 11.7. The van der Waals surface area contributed by atoms with Crippen LogP contribution < -0.4 is 5.32 Å². The molecule has 104 valence electrons. The molecule has 0 aliphatic carbocycles. The molecule has 20 heavy (non-hydrogen) atoms. The minimum Gasteiger partial charge on any atom is -0.352 e. The highest BCUT2D eigenvalue weighted by molar-refractivity contribution is 6.31. The summed E-state index contributed by atoms with van der Waals surface area (Å²) in [6, 6.07) is 10.1. The summed E-state index contributed by atoms with van der Waals surface area (Å²) in [6.07, 6.45) is 0.593. The van der Waals surface area contributed by atoms with E-state index in [0.717, 1.165) is 11.4 Å². The van der Waals surface area contributed by atoms with Gasteiger partial charge >= 0.3 is 0 Å². The minimum atomic E-state index is -0.694. The summed E-state index contributed by atoms with van der Waals surface area (Å²) in [5, 5.41) is 2.60. The molecule has 0 spiro atoms. The summed E-state index contributed by atoms with van der Waals surface area (Å²) >= 11 is 5.64. The molecule has 1 aromatic carbocycles. The quantitative estimate of drug-likeness (QED) is 0.940. The number of hydrogen-bond donors (Lipinski definition) is 1. The molecule has 2 aromatic rings. The Kier molecular flexibility index (Phi) is 4.69. The van der Waals surface area contributed by atoms with Gasteiger partial charge in [0, 0.05) is 24.4 Å². The van der Waals surface area contributed by atoms with Crippen LogP contribution in [-0.4, -0.2) is 17.4 Å². The van der Waals surface area contributed by atoms with Gasteiger partial charge in [0.25, 0.3) is 5.91 Å². The maximum Gasteiger partial charge on any atom is 0.254 e. The fourth-order valence-corrected chi connectivity index (χ4v) is 1.99. The molecule has 0 saturated carbocycles. The van der Waals surface area contributed by atoms with Gasteiger partial charge in [0.1, 0.15) is 0 Å². The Morgan fingerprint density at radius 3 is 2.80 bits per heavy atom. The number of benzene rings is 1. The van der Waals surface area contributed by atoms with E-state index < -0.39 is 11.7 Å². The molecule has 1 amide bonds. The number of halogens is 2. The minimum absolute atomic E-state index is 0.0466. The molecule has 0 saturated heterocycles. The predicted molar refractivity (Wildman–Crippen MR) is 76.4 cm³/mol. The zero-order chi connectivity index (χ0) is 14.5. The van der Waals surface area contributed by atoms with Gasteiger partial charge in [-0.3, -0.25) is 9.78 Å². The van der Waals surface area contributed by atoms with E-state index in [2.05, 4.69) is 10.3 Å². The number of pyridine rings is 1. The lowest BCUT2D eigenvalue weighted by molar-refractivity contribution is 0.0950. The molecule has 2 rings (SSSR count). The van der Waals surface area contributed by atoms with Crippen LogP contribution in [0.15, 0.2) is 36.4 Å². The van der Waals surface area contributed by atoms with E-state index in [1.54, 1.807) is 6.07 Å². The molecule has 0 radical (unpaired) electrons. The second-order valence-corrected chi connectivity index (χ2v) is 4.78. The molecule has 0 unspecified atom stereocenters. The lowest BCUT2D eigenvalue weighted by Crippen LogP contribution is -2.26. The number of rotatable bonds is 4. The third kappa shape index (κ3) is 3.54. The smallest absolute Gasteiger partial charge is 0.254 e. The molecule has 1 N–H and O–H groups in total. The van der Waals surface area contributed by atoms with Gasteiger partial charge in [0.15, 0.2) is 5.82 Å². The van der Waals surface area contributed by atoms with Crippen LogP contribution >= 0.6 is 11.6 Å². The molecule has 1 heterocycles. The van der Waals surface area contributed by atoms with E-state index in [4.69, 9.17) is 11.6 Å². The van der Waals surface area contributed by atoms with E-state index >= 15 is 0 Å². The van der Waals surface area contributed by atoms with E-state index in [1.807, 2.05) is 25.1 Å². The highest BCUT2D eigenvalue weighted by Gasteiger charge is 2.13. The van der Waals surface area contributed by atoms with Crippen LogP contribution in [0.25, 0.3) is 0 Å². The number of nitrogens with zero attached hydrogens (tertiary/aromatic N) is 1. The number of carbonyl (C=O) groups excluding carboxylic acids is 1. The van der Waals surface area contributed by atoms with Crippen molar-refractivity contribution in [3.63, 3.8) is 0 Å².